The number of nitrogens with one attached hydrogen (secondary N) is 1. The van der Waals surface area contributed by atoms with Crippen LogP contribution < -0.4 is 5.32 Å². The monoisotopic (exact) mass is 291 g/mol. The van der Waals surface area contributed by atoms with E-state index in [0.717, 1.165) is 17.7 Å². The van der Waals surface area contributed by atoms with Crippen molar-refractivity contribution >= 4 is 11.7 Å². The molecule has 0 aliphatic rings. The van der Waals surface area contributed by atoms with Gasteiger partial charge in [-0.3, -0.25) is 0 Å². The molecule has 0 saturated carbocycles. The topological polar surface area (TPSA) is 38.3 Å². The average Bonchev–Trinajstić information content (AvgIpc) is 2.49. The van der Waals surface area contributed by atoms with Crippen LogP contribution in [-0.2, 0) is 9.53 Å². The first kappa shape index (κ1) is 15.0. The molecule has 0 fully saturated rings. The van der Waals surface area contributed by atoms with Crippen LogP contribution in [0, 0.1) is 18.6 Å². The van der Waals surface area contributed by atoms with Crippen LogP contribution in [0.15, 0.2) is 42.5 Å². The standard InChI is InChI=1S/C16H15F2NO2/c1-10-3-6-12(7-4-10)19-15(16(20)21-2)11-5-8-13(17)14(18)9-11/h3-9,15,19H,1-2H3. The Morgan fingerprint density at radius 2 is 1.76 bits per heavy atom. The van der Waals surface area contributed by atoms with E-state index < -0.39 is 23.6 Å². The molecule has 2 aromatic rings. The third-order valence-corrected chi connectivity index (χ3v) is 3.08. The quantitative estimate of drug-likeness (QED) is 0.875. The normalized spacial score (nSPS) is 11.8. The lowest BCUT2D eigenvalue weighted by atomic mass is 10.1. The van der Waals surface area contributed by atoms with Gasteiger partial charge in [-0.05, 0) is 36.8 Å². The summed E-state index contributed by atoms with van der Waals surface area (Å²) in [5.74, 6) is -2.55. The summed E-state index contributed by atoms with van der Waals surface area (Å²) in [6, 6.07) is 9.75. The summed E-state index contributed by atoms with van der Waals surface area (Å²) in [6.07, 6.45) is 0. The van der Waals surface area contributed by atoms with Gasteiger partial charge >= 0.3 is 5.97 Å². The number of hydrogen-bond acceptors (Lipinski definition) is 3. The number of carbonyl (C=O) groups is 1. The number of ether oxygens (including phenoxy) is 1. The van der Waals surface area contributed by atoms with Gasteiger partial charge in [-0.15, -0.1) is 0 Å². The second kappa shape index (κ2) is 6.35. The Morgan fingerprint density at radius 1 is 1.10 bits per heavy atom. The molecule has 5 heteroatoms. The number of esters is 1. The zero-order valence-corrected chi connectivity index (χ0v) is 11.7. The SMILES string of the molecule is COC(=O)C(Nc1ccc(C)cc1)c1ccc(F)c(F)c1. The minimum absolute atomic E-state index is 0.293. The summed E-state index contributed by atoms with van der Waals surface area (Å²) in [5.41, 5.74) is 2.05. The van der Waals surface area contributed by atoms with Crippen LogP contribution in [0.25, 0.3) is 0 Å². The van der Waals surface area contributed by atoms with Crippen LogP contribution in [0.5, 0.6) is 0 Å². The largest absolute Gasteiger partial charge is 0.467 e. The van der Waals surface area contributed by atoms with Crippen molar-refractivity contribution < 1.29 is 18.3 Å². The van der Waals surface area contributed by atoms with Crippen molar-refractivity contribution in [1.82, 2.24) is 0 Å². The molecule has 0 heterocycles. The number of aryl methyl sites for hydroxylation is 1. The van der Waals surface area contributed by atoms with E-state index >= 15 is 0 Å². The summed E-state index contributed by atoms with van der Waals surface area (Å²) in [6.45, 7) is 1.94. The molecule has 21 heavy (non-hydrogen) atoms. The summed E-state index contributed by atoms with van der Waals surface area (Å²) < 4.78 is 31.1. The molecule has 1 atom stereocenters. The second-order valence-electron chi connectivity index (χ2n) is 4.64. The molecule has 3 nitrogen and oxygen atoms in total. The number of benzene rings is 2. The molecule has 0 spiro atoms. The molecule has 1 N–H and O–H groups in total. The van der Waals surface area contributed by atoms with Gasteiger partial charge in [-0.1, -0.05) is 23.8 Å². The Bertz CT molecular complexity index is 641. The molecule has 1 unspecified atom stereocenters. The molecule has 2 rings (SSSR count). The average molecular weight is 291 g/mol. The molecule has 0 amide bonds. The van der Waals surface area contributed by atoms with E-state index in [9.17, 15) is 13.6 Å². The molecule has 0 aliphatic carbocycles. The van der Waals surface area contributed by atoms with Gasteiger partial charge in [0.05, 0.1) is 7.11 Å². The van der Waals surface area contributed by atoms with Gasteiger partial charge < -0.3 is 10.1 Å². The first-order chi connectivity index (χ1) is 10.0. The Balaban J connectivity index is 2.31. The fraction of sp³-hybridized carbons (Fsp3) is 0.188. The maximum absolute atomic E-state index is 13.3. The number of hydrogen-bond donors (Lipinski definition) is 1. The maximum Gasteiger partial charge on any atom is 0.332 e. The lowest BCUT2D eigenvalue weighted by Crippen LogP contribution is -2.22. The molecule has 0 bridgehead atoms. The Morgan fingerprint density at radius 3 is 2.33 bits per heavy atom. The minimum atomic E-state index is -1.01. The maximum atomic E-state index is 13.3. The van der Waals surface area contributed by atoms with Crippen molar-refractivity contribution in [3.63, 3.8) is 0 Å². The van der Waals surface area contributed by atoms with Crippen molar-refractivity contribution in [3.05, 3.63) is 65.2 Å². The van der Waals surface area contributed by atoms with Crippen molar-refractivity contribution in [2.75, 3.05) is 12.4 Å². The predicted molar refractivity (Wildman–Crippen MR) is 75.9 cm³/mol. The zero-order chi connectivity index (χ0) is 15.4. The third-order valence-electron chi connectivity index (χ3n) is 3.08. The smallest absolute Gasteiger partial charge is 0.332 e. The number of rotatable bonds is 4. The lowest BCUT2D eigenvalue weighted by molar-refractivity contribution is -0.141. The number of carbonyl (C=O) groups excluding carboxylic acids is 1. The van der Waals surface area contributed by atoms with Gasteiger partial charge in [-0.25, -0.2) is 13.6 Å². The zero-order valence-electron chi connectivity index (χ0n) is 11.7. The molecular formula is C16H15F2NO2. The highest BCUT2D eigenvalue weighted by molar-refractivity contribution is 5.81. The first-order valence-electron chi connectivity index (χ1n) is 6.37. The van der Waals surface area contributed by atoms with Crippen LogP contribution in [0.4, 0.5) is 14.5 Å². The third kappa shape index (κ3) is 3.56. The van der Waals surface area contributed by atoms with Gasteiger partial charge in [0.25, 0.3) is 0 Å². The molecule has 0 aliphatic heterocycles. The van der Waals surface area contributed by atoms with E-state index in [1.807, 2.05) is 19.1 Å². The summed E-state index contributed by atoms with van der Waals surface area (Å²) in [5, 5.41) is 2.96. The van der Waals surface area contributed by atoms with Crippen LogP contribution >= 0.6 is 0 Å². The number of halogens is 2. The highest BCUT2D eigenvalue weighted by atomic mass is 19.2. The Kier molecular flexibility index (Phi) is 4.52. The predicted octanol–water partition coefficient (Wildman–Crippen LogP) is 3.60. The van der Waals surface area contributed by atoms with Crippen molar-refractivity contribution in [2.45, 2.75) is 13.0 Å². The highest BCUT2D eigenvalue weighted by Crippen LogP contribution is 2.23. The van der Waals surface area contributed by atoms with E-state index in [2.05, 4.69) is 5.32 Å². The van der Waals surface area contributed by atoms with E-state index in [4.69, 9.17) is 4.74 Å². The van der Waals surface area contributed by atoms with Crippen molar-refractivity contribution in [3.8, 4) is 0 Å². The fourth-order valence-corrected chi connectivity index (χ4v) is 1.90. The number of anilines is 1. The molecular weight excluding hydrogens is 276 g/mol. The van der Waals surface area contributed by atoms with E-state index in [1.165, 1.54) is 13.2 Å². The van der Waals surface area contributed by atoms with Gasteiger partial charge in [0.1, 0.15) is 0 Å². The van der Waals surface area contributed by atoms with Crippen molar-refractivity contribution in [1.29, 1.82) is 0 Å². The highest BCUT2D eigenvalue weighted by Gasteiger charge is 2.22. The summed E-state index contributed by atoms with van der Waals surface area (Å²) in [4.78, 5) is 11.9. The molecule has 0 aromatic heterocycles. The Hall–Kier alpha value is -2.43. The Labute approximate surface area is 121 Å². The van der Waals surface area contributed by atoms with E-state index in [1.54, 1.807) is 12.1 Å². The minimum Gasteiger partial charge on any atom is -0.467 e. The number of methoxy groups -OCH3 is 1. The van der Waals surface area contributed by atoms with Gasteiger partial charge in [0, 0.05) is 5.69 Å². The van der Waals surface area contributed by atoms with Crippen LogP contribution in [0.1, 0.15) is 17.2 Å². The molecule has 110 valence electrons. The van der Waals surface area contributed by atoms with Crippen LogP contribution in [-0.4, -0.2) is 13.1 Å². The van der Waals surface area contributed by atoms with E-state index in [0.29, 0.717) is 11.3 Å². The second-order valence-corrected chi connectivity index (χ2v) is 4.64. The van der Waals surface area contributed by atoms with Gasteiger partial charge in [0.2, 0.25) is 0 Å². The summed E-state index contributed by atoms with van der Waals surface area (Å²) >= 11 is 0. The first-order valence-corrected chi connectivity index (χ1v) is 6.37. The van der Waals surface area contributed by atoms with Gasteiger partial charge in [-0.2, -0.15) is 0 Å². The molecule has 0 radical (unpaired) electrons. The summed E-state index contributed by atoms with van der Waals surface area (Å²) in [7, 11) is 1.24. The van der Waals surface area contributed by atoms with Crippen LogP contribution in [0.2, 0.25) is 0 Å². The van der Waals surface area contributed by atoms with E-state index in [-0.39, 0.29) is 0 Å². The van der Waals surface area contributed by atoms with Crippen LogP contribution in [0.3, 0.4) is 0 Å². The molecule has 0 saturated heterocycles. The molecule has 2 aromatic carbocycles. The van der Waals surface area contributed by atoms with Gasteiger partial charge in [0.15, 0.2) is 17.7 Å². The fourth-order valence-electron chi connectivity index (χ4n) is 1.90. The van der Waals surface area contributed by atoms with Crippen molar-refractivity contribution in [2.24, 2.45) is 0 Å². The lowest BCUT2D eigenvalue weighted by Gasteiger charge is -2.18.